The van der Waals surface area contributed by atoms with Crippen LogP contribution in [0.1, 0.15) is 5.56 Å². The number of alkyl halides is 3. The molecule has 0 amide bonds. The van der Waals surface area contributed by atoms with Crippen LogP contribution in [-0.4, -0.2) is 6.36 Å². The number of halogens is 3. The van der Waals surface area contributed by atoms with Gasteiger partial charge in [-0.05, 0) is 18.1 Å². The minimum atomic E-state index is -4.64. The van der Waals surface area contributed by atoms with Gasteiger partial charge in [-0.25, -0.2) is 0 Å². The molecule has 1 aromatic carbocycles. The van der Waals surface area contributed by atoms with Crippen LogP contribution in [-0.2, 0) is 6.42 Å². The van der Waals surface area contributed by atoms with E-state index in [0.717, 1.165) is 0 Å². The molecule has 14 heavy (non-hydrogen) atoms. The van der Waals surface area contributed by atoms with E-state index in [1.54, 1.807) is 12.1 Å². The Morgan fingerprint density at radius 3 is 2.50 bits per heavy atom. The first-order valence-electron chi connectivity index (χ1n) is 3.97. The molecule has 1 nitrogen and oxygen atoms in total. The summed E-state index contributed by atoms with van der Waals surface area (Å²) in [6.07, 6.45) is -2.76. The van der Waals surface area contributed by atoms with Crippen molar-refractivity contribution in [3.05, 3.63) is 42.5 Å². The molecule has 1 aromatic rings. The van der Waals surface area contributed by atoms with E-state index in [9.17, 15) is 13.2 Å². The van der Waals surface area contributed by atoms with Crippen molar-refractivity contribution in [3.63, 3.8) is 0 Å². The second-order valence-electron chi connectivity index (χ2n) is 2.65. The van der Waals surface area contributed by atoms with E-state index in [0.29, 0.717) is 12.0 Å². The maximum absolute atomic E-state index is 11.9. The average Bonchev–Trinajstić information content (AvgIpc) is 2.06. The van der Waals surface area contributed by atoms with Gasteiger partial charge in [0, 0.05) is 0 Å². The van der Waals surface area contributed by atoms with Crippen molar-refractivity contribution in [2.24, 2.45) is 0 Å². The van der Waals surface area contributed by atoms with Crippen LogP contribution in [0, 0.1) is 0 Å². The average molecular weight is 202 g/mol. The molecule has 0 bridgehead atoms. The summed E-state index contributed by atoms with van der Waals surface area (Å²) in [5.74, 6) is -0.167. The Bertz CT molecular complexity index is 317. The van der Waals surface area contributed by atoms with Gasteiger partial charge in [0.05, 0.1) is 0 Å². The van der Waals surface area contributed by atoms with Gasteiger partial charge in [0.1, 0.15) is 5.75 Å². The van der Waals surface area contributed by atoms with E-state index in [1.165, 1.54) is 18.2 Å². The Kier molecular flexibility index (Phi) is 3.17. The van der Waals surface area contributed by atoms with Gasteiger partial charge in [-0.1, -0.05) is 24.3 Å². The van der Waals surface area contributed by atoms with E-state index < -0.39 is 6.36 Å². The van der Waals surface area contributed by atoms with Gasteiger partial charge in [0.2, 0.25) is 0 Å². The molecule has 0 heterocycles. The van der Waals surface area contributed by atoms with E-state index in [1.807, 2.05) is 0 Å². The van der Waals surface area contributed by atoms with Crippen molar-refractivity contribution in [2.75, 3.05) is 0 Å². The molecule has 0 fully saturated rings. The van der Waals surface area contributed by atoms with Gasteiger partial charge in [0.15, 0.2) is 0 Å². The molecule has 0 spiro atoms. The molecule has 0 aliphatic carbocycles. The van der Waals surface area contributed by atoms with Crippen molar-refractivity contribution in [3.8, 4) is 5.75 Å². The third-order valence-electron chi connectivity index (χ3n) is 1.56. The summed E-state index contributed by atoms with van der Waals surface area (Å²) in [6, 6.07) is 6.00. The van der Waals surface area contributed by atoms with Crippen molar-refractivity contribution in [1.82, 2.24) is 0 Å². The monoisotopic (exact) mass is 202 g/mol. The van der Waals surface area contributed by atoms with Gasteiger partial charge < -0.3 is 4.74 Å². The molecule has 0 aliphatic heterocycles. The summed E-state index contributed by atoms with van der Waals surface area (Å²) in [5, 5.41) is 0. The van der Waals surface area contributed by atoms with E-state index in [-0.39, 0.29) is 5.75 Å². The van der Waals surface area contributed by atoms with Crippen LogP contribution in [0.15, 0.2) is 36.9 Å². The van der Waals surface area contributed by atoms with Crippen molar-refractivity contribution in [2.45, 2.75) is 12.8 Å². The first-order chi connectivity index (χ1) is 6.53. The normalized spacial score (nSPS) is 11.1. The van der Waals surface area contributed by atoms with Crippen LogP contribution in [0.5, 0.6) is 5.75 Å². The molecule has 0 atom stereocenters. The number of hydrogen-bond donors (Lipinski definition) is 0. The van der Waals surface area contributed by atoms with Crippen LogP contribution in [0.4, 0.5) is 13.2 Å². The van der Waals surface area contributed by atoms with Gasteiger partial charge >= 0.3 is 6.36 Å². The number of benzene rings is 1. The minimum Gasteiger partial charge on any atom is -0.405 e. The lowest BCUT2D eigenvalue weighted by Crippen LogP contribution is -2.18. The highest BCUT2D eigenvalue weighted by Gasteiger charge is 2.31. The van der Waals surface area contributed by atoms with Gasteiger partial charge in [-0.2, -0.15) is 0 Å². The van der Waals surface area contributed by atoms with Crippen molar-refractivity contribution in [1.29, 1.82) is 0 Å². The van der Waals surface area contributed by atoms with Gasteiger partial charge in [-0.3, -0.25) is 0 Å². The lowest BCUT2D eigenvalue weighted by molar-refractivity contribution is -0.274. The fourth-order valence-electron chi connectivity index (χ4n) is 1.05. The molecule has 0 N–H and O–H groups in total. The molecule has 0 aromatic heterocycles. The van der Waals surface area contributed by atoms with Crippen molar-refractivity contribution >= 4 is 0 Å². The van der Waals surface area contributed by atoms with Crippen LogP contribution >= 0.6 is 0 Å². The molecule has 0 saturated carbocycles. The fourth-order valence-corrected chi connectivity index (χ4v) is 1.05. The summed E-state index contributed by atoms with van der Waals surface area (Å²) in [6.45, 7) is 3.46. The standard InChI is InChI=1S/C10H9F3O/c1-2-5-8-6-3-4-7-9(8)14-10(11,12)13/h2-4,6-7H,1,5H2. The Morgan fingerprint density at radius 2 is 1.93 bits per heavy atom. The summed E-state index contributed by atoms with van der Waals surface area (Å²) >= 11 is 0. The third kappa shape index (κ3) is 3.12. The molecule has 0 aliphatic rings. The quantitative estimate of drug-likeness (QED) is 0.683. The Hall–Kier alpha value is -1.45. The highest BCUT2D eigenvalue weighted by molar-refractivity contribution is 5.34. The lowest BCUT2D eigenvalue weighted by atomic mass is 10.1. The Balaban J connectivity index is 2.89. The summed E-state index contributed by atoms with van der Waals surface area (Å²) in [5.41, 5.74) is 0.472. The van der Waals surface area contributed by atoms with E-state index >= 15 is 0 Å². The lowest BCUT2D eigenvalue weighted by Gasteiger charge is -2.11. The highest BCUT2D eigenvalue weighted by Crippen LogP contribution is 2.26. The molecular weight excluding hydrogens is 193 g/mol. The third-order valence-corrected chi connectivity index (χ3v) is 1.56. The number of rotatable bonds is 3. The minimum absolute atomic E-state index is 0.167. The first kappa shape index (κ1) is 10.6. The summed E-state index contributed by atoms with van der Waals surface area (Å²) < 4.78 is 39.6. The SMILES string of the molecule is C=CCc1ccccc1OC(F)(F)F. The first-order valence-corrected chi connectivity index (χ1v) is 3.97. The van der Waals surface area contributed by atoms with Gasteiger partial charge in [0.25, 0.3) is 0 Å². The molecule has 1 rings (SSSR count). The molecule has 0 unspecified atom stereocenters. The van der Waals surface area contributed by atoms with Crippen molar-refractivity contribution < 1.29 is 17.9 Å². The second kappa shape index (κ2) is 4.17. The zero-order chi connectivity index (χ0) is 10.6. The fraction of sp³-hybridized carbons (Fsp3) is 0.200. The molecule has 0 radical (unpaired) electrons. The van der Waals surface area contributed by atoms with Crippen LogP contribution in [0.25, 0.3) is 0 Å². The van der Waals surface area contributed by atoms with Crippen LogP contribution in [0.2, 0.25) is 0 Å². The predicted octanol–water partition coefficient (Wildman–Crippen LogP) is 3.31. The zero-order valence-electron chi connectivity index (χ0n) is 7.34. The largest absolute Gasteiger partial charge is 0.573 e. The summed E-state index contributed by atoms with van der Waals surface area (Å²) in [7, 11) is 0. The number of allylic oxidation sites excluding steroid dienone is 1. The molecule has 4 heteroatoms. The summed E-state index contributed by atoms with van der Waals surface area (Å²) in [4.78, 5) is 0. The van der Waals surface area contributed by atoms with E-state index in [2.05, 4.69) is 11.3 Å². The van der Waals surface area contributed by atoms with Gasteiger partial charge in [-0.15, -0.1) is 19.8 Å². The Morgan fingerprint density at radius 1 is 1.29 bits per heavy atom. The topological polar surface area (TPSA) is 9.23 Å². The second-order valence-corrected chi connectivity index (χ2v) is 2.65. The molecular formula is C10H9F3O. The zero-order valence-corrected chi connectivity index (χ0v) is 7.34. The predicted molar refractivity (Wildman–Crippen MR) is 47.0 cm³/mol. The Labute approximate surface area is 79.8 Å². The molecule has 76 valence electrons. The maximum atomic E-state index is 11.9. The van der Waals surface area contributed by atoms with E-state index in [4.69, 9.17) is 0 Å². The highest BCUT2D eigenvalue weighted by atomic mass is 19.4. The number of hydrogen-bond acceptors (Lipinski definition) is 1. The molecule has 0 saturated heterocycles. The van der Waals surface area contributed by atoms with Crippen LogP contribution in [0.3, 0.4) is 0 Å². The smallest absolute Gasteiger partial charge is 0.405 e. The number of ether oxygens (including phenoxy) is 1. The number of para-hydroxylation sites is 1. The maximum Gasteiger partial charge on any atom is 0.573 e. The van der Waals surface area contributed by atoms with Crippen LogP contribution < -0.4 is 4.74 Å².